The number of benzene rings is 1. The van der Waals surface area contributed by atoms with Gasteiger partial charge in [-0.25, -0.2) is 0 Å². The summed E-state index contributed by atoms with van der Waals surface area (Å²) in [6, 6.07) is 9.87. The van der Waals surface area contributed by atoms with Crippen molar-refractivity contribution in [3.63, 3.8) is 0 Å². The fraction of sp³-hybridized carbons (Fsp3) is 0.467. The third-order valence-corrected chi connectivity index (χ3v) is 3.10. The average Bonchev–Trinajstić information content (AvgIpc) is 2.71. The van der Waals surface area contributed by atoms with E-state index in [1.165, 1.54) is 0 Å². The topological polar surface area (TPSA) is 38.7 Å². The number of aliphatic hydroxyl groups excluding tert-OH is 1. The zero-order valence-electron chi connectivity index (χ0n) is 10.9. The lowest BCUT2D eigenvalue weighted by Crippen LogP contribution is -2.30. The molecule has 1 saturated heterocycles. The highest BCUT2D eigenvalue weighted by Gasteiger charge is 2.36. The van der Waals surface area contributed by atoms with Gasteiger partial charge in [-0.15, -0.1) is 0 Å². The van der Waals surface area contributed by atoms with E-state index in [0.717, 1.165) is 11.1 Å². The highest BCUT2D eigenvalue weighted by molar-refractivity contribution is 5.63. The molecule has 1 aliphatic rings. The summed E-state index contributed by atoms with van der Waals surface area (Å²) in [5.41, 5.74) is 1.96. The maximum absolute atomic E-state index is 10.1. The van der Waals surface area contributed by atoms with Gasteiger partial charge in [0.25, 0.3) is 0 Å². The van der Waals surface area contributed by atoms with Crippen molar-refractivity contribution in [2.75, 3.05) is 6.61 Å². The Kier molecular flexibility index (Phi) is 3.85. The number of hydrogen-bond acceptors (Lipinski definition) is 3. The van der Waals surface area contributed by atoms with E-state index in [-0.39, 0.29) is 6.10 Å². The maximum Gasteiger partial charge on any atom is 0.163 e. The van der Waals surface area contributed by atoms with Crippen LogP contribution in [0.3, 0.4) is 0 Å². The molecular formula is C15H20O3. The Morgan fingerprint density at radius 3 is 2.67 bits per heavy atom. The summed E-state index contributed by atoms with van der Waals surface area (Å²) in [7, 11) is 0. The van der Waals surface area contributed by atoms with Gasteiger partial charge in [0.2, 0.25) is 0 Å². The maximum atomic E-state index is 10.1. The van der Waals surface area contributed by atoms with Gasteiger partial charge in [-0.3, -0.25) is 0 Å². The summed E-state index contributed by atoms with van der Waals surface area (Å²) < 4.78 is 11.1. The Bertz CT molecular complexity index is 411. The van der Waals surface area contributed by atoms with Crippen LogP contribution in [0.1, 0.15) is 25.8 Å². The summed E-state index contributed by atoms with van der Waals surface area (Å²) in [4.78, 5) is 0. The van der Waals surface area contributed by atoms with Crippen LogP contribution < -0.4 is 0 Å². The highest BCUT2D eigenvalue weighted by atomic mass is 16.7. The van der Waals surface area contributed by atoms with Crippen molar-refractivity contribution >= 4 is 5.57 Å². The Labute approximate surface area is 108 Å². The van der Waals surface area contributed by atoms with Gasteiger partial charge < -0.3 is 14.6 Å². The van der Waals surface area contributed by atoms with Crippen LogP contribution in [-0.4, -0.2) is 29.7 Å². The first-order valence-corrected chi connectivity index (χ1v) is 6.21. The van der Waals surface area contributed by atoms with E-state index >= 15 is 0 Å². The van der Waals surface area contributed by atoms with Gasteiger partial charge in [0.05, 0.1) is 12.7 Å². The van der Waals surface area contributed by atoms with Crippen molar-refractivity contribution in [3.8, 4) is 0 Å². The minimum Gasteiger partial charge on any atom is -0.390 e. The summed E-state index contributed by atoms with van der Waals surface area (Å²) in [6.45, 7) is 8.15. The largest absolute Gasteiger partial charge is 0.390 e. The first kappa shape index (κ1) is 13.3. The second kappa shape index (κ2) is 5.22. The molecule has 1 fully saturated rings. The Balaban J connectivity index is 1.92. The summed E-state index contributed by atoms with van der Waals surface area (Å²) in [6.07, 6.45) is -0.367. The van der Waals surface area contributed by atoms with E-state index in [1.54, 1.807) is 0 Å². The quantitative estimate of drug-likeness (QED) is 0.890. The minimum atomic E-state index is -0.597. The molecule has 1 aromatic carbocycles. The van der Waals surface area contributed by atoms with Gasteiger partial charge >= 0.3 is 0 Å². The molecule has 0 amide bonds. The van der Waals surface area contributed by atoms with E-state index < -0.39 is 11.9 Å². The van der Waals surface area contributed by atoms with Gasteiger partial charge in [-0.2, -0.15) is 0 Å². The van der Waals surface area contributed by atoms with Crippen molar-refractivity contribution in [1.29, 1.82) is 0 Å². The molecule has 0 saturated carbocycles. The smallest absolute Gasteiger partial charge is 0.163 e. The molecule has 0 spiro atoms. The lowest BCUT2D eigenvalue weighted by Gasteiger charge is -2.21. The fourth-order valence-corrected chi connectivity index (χ4v) is 2.08. The van der Waals surface area contributed by atoms with Gasteiger partial charge in [0, 0.05) is 6.42 Å². The predicted octanol–water partition coefficient (Wildman–Crippen LogP) is 2.60. The molecule has 0 radical (unpaired) electrons. The van der Waals surface area contributed by atoms with Gasteiger partial charge in [0.15, 0.2) is 5.79 Å². The molecule has 2 rings (SSSR count). The van der Waals surface area contributed by atoms with E-state index in [0.29, 0.717) is 13.0 Å². The third-order valence-electron chi connectivity index (χ3n) is 3.10. The van der Waals surface area contributed by atoms with Crippen LogP contribution in [0.5, 0.6) is 0 Å². The lowest BCUT2D eigenvalue weighted by atomic mass is 9.99. The molecular weight excluding hydrogens is 228 g/mol. The SMILES string of the molecule is C=C(C[C@H](O)[C@H]1COC(C)(C)O1)c1ccccc1. The summed E-state index contributed by atoms with van der Waals surface area (Å²) in [5.74, 6) is -0.597. The van der Waals surface area contributed by atoms with Crippen LogP contribution in [0.25, 0.3) is 5.57 Å². The predicted molar refractivity (Wildman–Crippen MR) is 71.0 cm³/mol. The van der Waals surface area contributed by atoms with Crippen molar-refractivity contribution < 1.29 is 14.6 Å². The molecule has 0 bridgehead atoms. The zero-order chi connectivity index (χ0) is 13.2. The number of aliphatic hydroxyl groups is 1. The molecule has 1 aromatic rings. The van der Waals surface area contributed by atoms with Crippen LogP contribution in [-0.2, 0) is 9.47 Å². The second-order valence-corrected chi connectivity index (χ2v) is 5.11. The standard InChI is InChI=1S/C15H20O3/c1-11(12-7-5-4-6-8-12)9-13(16)14-10-17-15(2,3)18-14/h4-8,13-14,16H,1,9-10H2,2-3H3/t13-,14+/m0/s1. The van der Waals surface area contributed by atoms with Crippen LogP contribution in [0.15, 0.2) is 36.9 Å². The van der Waals surface area contributed by atoms with E-state index in [4.69, 9.17) is 9.47 Å². The average molecular weight is 248 g/mol. The monoisotopic (exact) mass is 248 g/mol. The zero-order valence-corrected chi connectivity index (χ0v) is 10.9. The third kappa shape index (κ3) is 3.19. The van der Waals surface area contributed by atoms with E-state index in [9.17, 15) is 5.11 Å². The normalized spacial score (nSPS) is 23.8. The molecule has 18 heavy (non-hydrogen) atoms. The van der Waals surface area contributed by atoms with Gasteiger partial charge in [-0.1, -0.05) is 36.9 Å². The number of hydrogen-bond donors (Lipinski definition) is 1. The van der Waals surface area contributed by atoms with Crippen LogP contribution in [0, 0.1) is 0 Å². The number of ether oxygens (including phenoxy) is 2. The van der Waals surface area contributed by atoms with E-state index in [2.05, 4.69) is 6.58 Å². The van der Waals surface area contributed by atoms with Gasteiger partial charge in [-0.05, 0) is 25.0 Å². The summed E-state index contributed by atoms with van der Waals surface area (Å²) in [5, 5.41) is 10.1. The Morgan fingerprint density at radius 2 is 2.11 bits per heavy atom. The molecule has 2 atom stereocenters. The molecule has 98 valence electrons. The summed E-state index contributed by atoms with van der Waals surface area (Å²) >= 11 is 0. The number of rotatable bonds is 4. The van der Waals surface area contributed by atoms with Crippen LogP contribution in [0.4, 0.5) is 0 Å². The molecule has 3 nitrogen and oxygen atoms in total. The fourth-order valence-electron chi connectivity index (χ4n) is 2.08. The molecule has 1 heterocycles. The van der Waals surface area contributed by atoms with Crippen LogP contribution in [0.2, 0.25) is 0 Å². The lowest BCUT2D eigenvalue weighted by molar-refractivity contribution is -0.150. The molecule has 3 heteroatoms. The van der Waals surface area contributed by atoms with Gasteiger partial charge in [0.1, 0.15) is 6.10 Å². The van der Waals surface area contributed by atoms with Crippen molar-refractivity contribution in [2.45, 2.75) is 38.3 Å². The minimum absolute atomic E-state index is 0.277. The highest BCUT2D eigenvalue weighted by Crippen LogP contribution is 2.27. The Hall–Kier alpha value is -1.16. The molecule has 1 aliphatic heterocycles. The molecule has 0 aromatic heterocycles. The van der Waals surface area contributed by atoms with Crippen molar-refractivity contribution in [2.24, 2.45) is 0 Å². The first-order chi connectivity index (χ1) is 8.48. The van der Waals surface area contributed by atoms with E-state index in [1.807, 2.05) is 44.2 Å². The second-order valence-electron chi connectivity index (χ2n) is 5.11. The molecule has 1 N–H and O–H groups in total. The Morgan fingerprint density at radius 1 is 1.44 bits per heavy atom. The van der Waals surface area contributed by atoms with Crippen molar-refractivity contribution in [1.82, 2.24) is 0 Å². The molecule has 0 aliphatic carbocycles. The molecule has 0 unspecified atom stereocenters. The van der Waals surface area contributed by atoms with Crippen LogP contribution >= 0.6 is 0 Å². The van der Waals surface area contributed by atoms with Crippen molar-refractivity contribution in [3.05, 3.63) is 42.5 Å². The first-order valence-electron chi connectivity index (χ1n) is 6.21.